The lowest BCUT2D eigenvalue weighted by Gasteiger charge is -2.14. The van der Waals surface area contributed by atoms with Gasteiger partial charge in [-0.3, -0.25) is 10.1 Å². The van der Waals surface area contributed by atoms with Crippen LogP contribution in [0.4, 0.5) is 23.0 Å². The predicted molar refractivity (Wildman–Crippen MR) is 89.9 cm³/mol. The smallest absolute Gasteiger partial charge is 0.353 e. The molecule has 0 saturated carbocycles. The number of aromatic nitrogens is 2. The fraction of sp³-hybridized carbons (Fsp3) is 0.333. The maximum Gasteiger partial charge on any atom is 0.353 e. The molecule has 0 spiro atoms. The van der Waals surface area contributed by atoms with E-state index >= 15 is 0 Å². The van der Waals surface area contributed by atoms with Gasteiger partial charge < -0.3 is 20.1 Å². The summed E-state index contributed by atoms with van der Waals surface area (Å²) in [6.45, 7) is 2.23. The largest absolute Gasteiger partial charge is 0.497 e. The first-order valence-corrected chi connectivity index (χ1v) is 7.21. The first kappa shape index (κ1) is 17.4. The molecule has 2 N–H and O–H groups in total. The summed E-state index contributed by atoms with van der Waals surface area (Å²) in [5.41, 5.74) is 0.421. The first-order valence-electron chi connectivity index (χ1n) is 7.21. The second-order valence-electron chi connectivity index (χ2n) is 5.03. The molecule has 9 heteroatoms. The van der Waals surface area contributed by atoms with E-state index < -0.39 is 4.92 Å². The molecule has 1 aromatic heterocycles. The Morgan fingerprint density at radius 3 is 2.46 bits per heavy atom. The molecule has 2 aromatic rings. The molecule has 1 unspecified atom stereocenters. The van der Waals surface area contributed by atoms with Crippen molar-refractivity contribution in [1.29, 1.82) is 0 Å². The number of ether oxygens (including phenoxy) is 2. The maximum absolute atomic E-state index is 11.5. The van der Waals surface area contributed by atoms with Crippen LogP contribution < -0.4 is 15.4 Å². The lowest BCUT2D eigenvalue weighted by Crippen LogP contribution is -2.22. The van der Waals surface area contributed by atoms with Crippen molar-refractivity contribution in [3.05, 3.63) is 40.7 Å². The van der Waals surface area contributed by atoms with Crippen molar-refractivity contribution >= 4 is 23.0 Å². The zero-order valence-corrected chi connectivity index (χ0v) is 13.6. The molecule has 1 heterocycles. The summed E-state index contributed by atoms with van der Waals surface area (Å²) in [6, 6.07) is 6.83. The quantitative estimate of drug-likeness (QED) is 0.560. The monoisotopic (exact) mass is 333 g/mol. The minimum Gasteiger partial charge on any atom is -0.497 e. The van der Waals surface area contributed by atoms with Gasteiger partial charge in [0.05, 0.1) is 18.6 Å². The number of hydrogen-bond acceptors (Lipinski definition) is 8. The number of hydrogen-bond donors (Lipinski definition) is 2. The van der Waals surface area contributed by atoms with Crippen LogP contribution in [0.15, 0.2) is 30.6 Å². The minimum atomic E-state index is -0.520. The van der Waals surface area contributed by atoms with Gasteiger partial charge in [0.1, 0.15) is 12.1 Å². The maximum atomic E-state index is 11.5. The van der Waals surface area contributed by atoms with Crippen LogP contribution in [0, 0.1) is 10.1 Å². The Labute approximate surface area is 139 Å². The van der Waals surface area contributed by atoms with E-state index in [9.17, 15) is 10.1 Å². The number of anilines is 3. The molecule has 0 saturated heterocycles. The molecule has 1 atom stereocenters. The number of benzene rings is 1. The molecule has 0 bridgehead atoms. The predicted octanol–water partition coefficient (Wildman–Crippen LogP) is 2.58. The summed E-state index contributed by atoms with van der Waals surface area (Å²) >= 11 is 0. The van der Waals surface area contributed by atoms with Crippen molar-refractivity contribution in [3.63, 3.8) is 0 Å². The molecule has 0 fully saturated rings. The zero-order chi connectivity index (χ0) is 17.5. The second-order valence-corrected chi connectivity index (χ2v) is 5.03. The van der Waals surface area contributed by atoms with Crippen LogP contribution in [0.5, 0.6) is 5.75 Å². The molecule has 24 heavy (non-hydrogen) atoms. The average molecular weight is 333 g/mol. The van der Waals surface area contributed by atoms with E-state index in [1.54, 1.807) is 38.5 Å². The summed E-state index contributed by atoms with van der Waals surface area (Å²) in [5, 5.41) is 17.4. The van der Waals surface area contributed by atoms with E-state index in [0.29, 0.717) is 18.0 Å². The van der Waals surface area contributed by atoms with Gasteiger partial charge in [-0.15, -0.1) is 0 Å². The van der Waals surface area contributed by atoms with Crippen LogP contribution in [0.1, 0.15) is 6.92 Å². The highest BCUT2D eigenvalue weighted by molar-refractivity contribution is 5.74. The van der Waals surface area contributed by atoms with Gasteiger partial charge in [0.2, 0.25) is 11.6 Å². The van der Waals surface area contributed by atoms with Crippen LogP contribution in [0.3, 0.4) is 0 Å². The number of nitrogens with one attached hydrogen (secondary N) is 2. The topological polar surface area (TPSA) is 111 Å². The van der Waals surface area contributed by atoms with E-state index in [1.165, 1.54) is 6.33 Å². The van der Waals surface area contributed by atoms with Crippen LogP contribution in [0.25, 0.3) is 0 Å². The van der Waals surface area contributed by atoms with E-state index in [1.807, 2.05) is 6.92 Å². The van der Waals surface area contributed by atoms with E-state index in [2.05, 4.69) is 20.6 Å². The summed E-state index contributed by atoms with van der Waals surface area (Å²) in [5.74, 6) is 0.927. The Kier molecular flexibility index (Phi) is 5.85. The van der Waals surface area contributed by atoms with Crippen molar-refractivity contribution in [3.8, 4) is 5.75 Å². The number of methoxy groups -OCH3 is 2. The molecule has 2 rings (SSSR count). The van der Waals surface area contributed by atoms with Gasteiger partial charge in [0, 0.05) is 18.8 Å². The minimum absolute atomic E-state index is 0.104. The third-order valence-electron chi connectivity index (χ3n) is 3.16. The summed E-state index contributed by atoms with van der Waals surface area (Å²) in [4.78, 5) is 18.9. The summed E-state index contributed by atoms with van der Waals surface area (Å²) < 4.78 is 10.1. The molecule has 0 aliphatic heterocycles. The zero-order valence-electron chi connectivity index (χ0n) is 13.6. The Bertz CT molecular complexity index is 693. The number of nitro groups is 1. The molecule has 0 aliphatic rings. The van der Waals surface area contributed by atoms with Crippen molar-refractivity contribution in [2.75, 3.05) is 31.5 Å². The van der Waals surface area contributed by atoms with Crippen molar-refractivity contribution in [2.24, 2.45) is 0 Å². The average Bonchev–Trinajstić information content (AvgIpc) is 2.55. The Morgan fingerprint density at radius 1 is 1.21 bits per heavy atom. The van der Waals surface area contributed by atoms with Gasteiger partial charge in [-0.25, -0.2) is 9.97 Å². The summed E-state index contributed by atoms with van der Waals surface area (Å²) in [7, 11) is 3.13. The standard InChI is InChI=1S/C15H19N5O4/c1-10(8-23-2)18-14-13(20(21)22)15(17-9-16-14)19-11-4-6-12(24-3)7-5-11/h4-7,9-10H,8H2,1-3H3,(H2,16,17,18,19). The van der Waals surface area contributed by atoms with Gasteiger partial charge >= 0.3 is 5.69 Å². The third kappa shape index (κ3) is 4.29. The van der Waals surface area contributed by atoms with Crippen molar-refractivity contribution < 1.29 is 14.4 Å². The van der Waals surface area contributed by atoms with Gasteiger partial charge in [0.25, 0.3) is 0 Å². The molecule has 128 valence electrons. The highest BCUT2D eigenvalue weighted by atomic mass is 16.6. The van der Waals surface area contributed by atoms with E-state index in [4.69, 9.17) is 9.47 Å². The fourth-order valence-corrected chi connectivity index (χ4v) is 2.08. The van der Waals surface area contributed by atoms with E-state index in [-0.39, 0.29) is 23.4 Å². The van der Waals surface area contributed by atoms with Crippen LogP contribution in [-0.2, 0) is 4.74 Å². The molecule has 1 aromatic carbocycles. The number of nitrogens with zero attached hydrogens (tertiary/aromatic N) is 3. The lowest BCUT2D eigenvalue weighted by molar-refractivity contribution is -0.383. The van der Waals surface area contributed by atoms with E-state index in [0.717, 1.165) is 0 Å². The Hall–Kier alpha value is -2.94. The molecule has 0 radical (unpaired) electrons. The molecular formula is C15H19N5O4. The third-order valence-corrected chi connectivity index (χ3v) is 3.16. The Balaban J connectivity index is 2.29. The summed E-state index contributed by atoms with van der Waals surface area (Å²) in [6.07, 6.45) is 1.26. The van der Waals surface area contributed by atoms with Gasteiger partial charge in [-0.05, 0) is 31.2 Å². The molecular weight excluding hydrogens is 314 g/mol. The molecule has 0 amide bonds. The Morgan fingerprint density at radius 2 is 1.88 bits per heavy atom. The fourth-order valence-electron chi connectivity index (χ4n) is 2.08. The lowest BCUT2D eigenvalue weighted by atomic mass is 10.3. The van der Waals surface area contributed by atoms with Gasteiger partial charge in [-0.1, -0.05) is 0 Å². The number of rotatable bonds is 8. The SMILES string of the molecule is COCC(C)Nc1ncnc(Nc2ccc(OC)cc2)c1[N+](=O)[O-]. The van der Waals surface area contributed by atoms with Crippen LogP contribution >= 0.6 is 0 Å². The van der Waals surface area contributed by atoms with Crippen molar-refractivity contribution in [1.82, 2.24) is 9.97 Å². The van der Waals surface area contributed by atoms with Crippen LogP contribution in [0.2, 0.25) is 0 Å². The van der Waals surface area contributed by atoms with Crippen LogP contribution in [-0.4, -0.2) is 41.8 Å². The van der Waals surface area contributed by atoms with Gasteiger partial charge in [0.15, 0.2) is 0 Å². The first-order chi connectivity index (χ1) is 11.5. The normalized spacial score (nSPS) is 11.6. The second kappa shape index (κ2) is 8.06. The molecule has 0 aliphatic carbocycles. The van der Waals surface area contributed by atoms with Gasteiger partial charge in [-0.2, -0.15) is 0 Å². The molecule has 9 nitrogen and oxygen atoms in total. The highest BCUT2D eigenvalue weighted by Gasteiger charge is 2.24. The van der Waals surface area contributed by atoms with Crippen molar-refractivity contribution in [2.45, 2.75) is 13.0 Å². The highest BCUT2D eigenvalue weighted by Crippen LogP contribution is 2.31.